The number of amides is 2. The van der Waals surface area contributed by atoms with Gasteiger partial charge in [0.05, 0.1) is 11.7 Å². The van der Waals surface area contributed by atoms with Crippen molar-refractivity contribution >= 4 is 27.6 Å². The van der Waals surface area contributed by atoms with E-state index in [0.29, 0.717) is 0 Å². The first-order valence-electron chi connectivity index (χ1n) is 7.68. The molecule has 5 heteroatoms. The molecule has 0 saturated carbocycles. The van der Waals surface area contributed by atoms with Gasteiger partial charge in [-0.15, -0.1) is 0 Å². The number of urea groups is 1. The van der Waals surface area contributed by atoms with Gasteiger partial charge in [-0.25, -0.2) is 4.79 Å². The van der Waals surface area contributed by atoms with Crippen molar-refractivity contribution in [1.82, 2.24) is 9.47 Å². The van der Waals surface area contributed by atoms with E-state index < -0.39 is 0 Å². The number of aromatic nitrogens is 1. The summed E-state index contributed by atoms with van der Waals surface area (Å²) in [5.41, 5.74) is 2.04. The molecule has 2 heterocycles. The Morgan fingerprint density at radius 2 is 2.09 bits per heavy atom. The van der Waals surface area contributed by atoms with Gasteiger partial charge in [0.25, 0.3) is 0 Å². The molecule has 0 bridgehead atoms. The average Bonchev–Trinajstić information content (AvgIpc) is 2.99. The first kappa shape index (κ1) is 15.2. The number of rotatable bonds is 3. The van der Waals surface area contributed by atoms with E-state index in [-0.39, 0.29) is 12.1 Å². The van der Waals surface area contributed by atoms with Gasteiger partial charge in [0.15, 0.2) is 0 Å². The maximum absolute atomic E-state index is 12.7. The van der Waals surface area contributed by atoms with Crippen LogP contribution in [0.4, 0.5) is 10.5 Å². The van der Waals surface area contributed by atoms with Crippen molar-refractivity contribution in [1.29, 1.82) is 0 Å². The van der Waals surface area contributed by atoms with Gasteiger partial charge in [-0.05, 0) is 46.6 Å². The highest BCUT2D eigenvalue weighted by atomic mass is 79.9. The number of fused-ring (bicyclic) bond motifs is 1. The Kier molecular flexibility index (Phi) is 4.52. The van der Waals surface area contributed by atoms with E-state index in [9.17, 15) is 4.79 Å². The largest absolute Gasteiger partial charge is 0.348 e. The number of hydrogen-bond acceptors (Lipinski definition) is 1. The molecule has 0 fully saturated rings. The number of carbonyl (C=O) groups is 1. The number of carbonyl (C=O) groups excluding carboxylic acids is 1. The molecule has 1 aliphatic heterocycles. The Morgan fingerprint density at radius 3 is 2.86 bits per heavy atom. The molecule has 1 aromatic carbocycles. The molecule has 116 valence electrons. The molecule has 0 saturated heterocycles. The molecule has 22 heavy (non-hydrogen) atoms. The van der Waals surface area contributed by atoms with Crippen LogP contribution in [0.2, 0.25) is 0 Å². The molecule has 4 nitrogen and oxygen atoms in total. The van der Waals surface area contributed by atoms with Gasteiger partial charge in [0.1, 0.15) is 0 Å². The fourth-order valence-electron chi connectivity index (χ4n) is 3.03. The van der Waals surface area contributed by atoms with Crippen LogP contribution in [0.1, 0.15) is 31.5 Å². The number of halogens is 1. The van der Waals surface area contributed by atoms with E-state index >= 15 is 0 Å². The third-order valence-electron chi connectivity index (χ3n) is 4.10. The molecule has 2 amide bonds. The van der Waals surface area contributed by atoms with Crippen LogP contribution in [0.5, 0.6) is 0 Å². The minimum atomic E-state index is -0.0298. The zero-order valence-corrected chi connectivity index (χ0v) is 14.2. The summed E-state index contributed by atoms with van der Waals surface area (Å²) in [7, 11) is 0. The number of hydrogen-bond donors (Lipinski definition) is 1. The van der Waals surface area contributed by atoms with Gasteiger partial charge in [-0.2, -0.15) is 0 Å². The highest BCUT2D eigenvalue weighted by molar-refractivity contribution is 9.10. The number of benzene rings is 1. The third kappa shape index (κ3) is 2.90. The average molecular weight is 362 g/mol. The quantitative estimate of drug-likeness (QED) is 0.849. The normalized spacial score (nSPS) is 17.2. The van der Waals surface area contributed by atoms with Crippen LogP contribution in [0.3, 0.4) is 0 Å². The SMILES string of the molecule is CCC[C@H]1c2cccn2CCN1C(=O)Nc1ccccc1Br. The van der Waals surface area contributed by atoms with Gasteiger partial charge >= 0.3 is 6.03 Å². The summed E-state index contributed by atoms with van der Waals surface area (Å²) in [6.45, 7) is 3.75. The topological polar surface area (TPSA) is 37.3 Å². The molecule has 2 aromatic rings. The van der Waals surface area contributed by atoms with Crippen molar-refractivity contribution in [2.24, 2.45) is 0 Å². The van der Waals surface area contributed by atoms with E-state index in [1.54, 1.807) is 0 Å². The van der Waals surface area contributed by atoms with E-state index in [4.69, 9.17) is 0 Å². The fourth-order valence-corrected chi connectivity index (χ4v) is 3.42. The molecule has 0 radical (unpaired) electrons. The summed E-state index contributed by atoms with van der Waals surface area (Å²) in [6, 6.07) is 12.0. The van der Waals surface area contributed by atoms with Crippen molar-refractivity contribution in [2.45, 2.75) is 32.4 Å². The first-order chi connectivity index (χ1) is 10.7. The lowest BCUT2D eigenvalue weighted by atomic mass is 10.0. The van der Waals surface area contributed by atoms with Gasteiger partial charge in [-0.1, -0.05) is 25.5 Å². The van der Waals surface area contributed by atoms with Gasteiger partial charge in [0.2, 0.25) is 0 Å². The number of nitrogens with one attached hydrogen (secondary N) is 1. The van der Waals surface area contributed by atoms with Crippen molar-refractivity contribution in [2.75, 3.05) is 11.9 Å². The summed E-state index contributed by atoms with van der Waals surface area (Å²) in [6.07, 6.45) is 4.13. The lowest BCUT2D eigenvalue weighted by molar-refractivity contribution is 0.163. The Balaban J connectivity index is 1.81. The second kappa shape index (κ2) is 6.57. The molecule has 1 atom stereocenters. The molecule has 1 aliphatic rings. The summed E-state index contributed by atoms with van der Waals surface area (Å²) in [5.74, 6) is 0. The van der Waals surface area contributed by atoms with Crippen molar-refractivity contribution < 1.29 is 4.79 Å². The van der Waals surface area contributed by atoms with Crippen LogP contribution in [0.25, 0.3) is 0 Å². The van der Waals surface area contributed by atoms with Crippen LogP contribution >= 0.6 is 15.9 Å². The van der Waals surface area contributed by atoms with E-state index in [1.165, 1.54) is 5.69 Å². The summed E-state index contributed by atoms with van der Waals surface area (Å²) in [4.78, 5) is 14.7. The molecule has 0 spiro atoms. The molecule has 0 unspecified atom stereocenters. The number of para-hydroxylation sites is 1. The summed E-state index contributed by atoms with van der Waals surface area (Å²) < 4.78 is 3.15. The fraction of sp³-hybridized carbons (Fsp3) is 0.353. The molecular weight excluding hydrogens is 342 g/mol. The zero-order valence-electron chi connectivity index (χ0n) is 12.6. The minimum Gasteiger partial charge on any atom is -0.348 e. The van der Waals surface area contributed by atoms with Crippen molar-refractivity contribution in [3.05, 3.63) is 52.8 Å². The lowest BCUT2D eigenvalue weighted by Gasteiger charge is -2.37. The van der Waals surface area contributed by atoms with Gasteiger partial charge < -0.3 is 14.8 Å². The van der Waals surface area contributed by atoms with Crippen molar-refractivity contribution in [3.63, 3.8) is 0 Å². The van der Waals surface area contributed by atoms with Crippen LogP contribution in [-0.2, 0) is 6.54 Å². The molecule has 1 N–H and O–H groups in total. The van der Waals surface area contributed by atoms with Crippen LogP contribution in [0, 0.1) is 0 Å². The van der Waals surface area contributed by atoms with Crippen LogP contribution in [0.15, 0.2) is 47.1 Å². The Hall–Kier alpha value is -1.75. The predicted molar refractivity (Wildman–Crippen MR) is 91.9 cm³/mol. The van der Waals surface area contributed by atoms with Gasteiger partial charge in [0, 0.05) is 29.5 Å². The van der Waals surface area contributed by atoms with E-state index in [2.05, 4.69) is 51.1 Å². The smallest absolute Gasteiger partial charge is 0.322 e. The number of anilines is 1. The standard InChI is InChI=1S/C17H20BrN3O/c1-2-6-16-15-9-5-10-20(15)11-12-21(16)17(22)19-14-8-4-3-7-13(14)18/h3-5,7-10,16H,2,6,11-12H2,1H3,(H,19,22)/t16-/m0/s1. The predicted octanol–water partition coefficient (Wildman–Crippen LogP) is 4.64. The highest BCUT2D eigenvalue weighted by Crippen LogP contribution is 2.31. The Labute approximate surface area is 139 Å². The highest BCUT2D eigenvalue weighted by Gasteiger charge is 2.30. The Morgan fingerprint density at radius 1 is 1.27 bits per heavy atom. The first-order valence-corrected chi connectivity index (χ1v) is 8.47. The summed E-state index contributed by atoms with van der Waals surface area (Å²) >= 11 is 3.48. The van der Waals surface area contributed by atoms with Crippen molar-refractivity contribution in [3.8, 4) is 0 Å². The van der Waals surface area contributed by atoms with Crippen LogP contribution < -0.4 is 5.32 Å². The maximum atomic E-state index is 12.7. The summed E-state index contributed by atoms with van der Waals surface area (Å²) in [5, 5.41) is 3.02. The molecular formula is C17H20BrN3O. The van der Waals surface area contributed by atoms with E-state index in [0.717, 1.165) is 36.1 Å². The van der Waals surface area contributed by atoms with E-state index in [1.807, 2.05) is 29.2 Å². The molecule has 1 aromatic heterocycles. The lowest BCUT2D eigenvalue weighted by Crippen LogP contribution is -2.44. The third-order valence-corrected chi connectivity index (χ3v) is 4.79. The second-order valence-electron chi connectivity index (χ2n) is 5.53. The molecule has 3 rings (SSSR count). The Bertz CT molecular complexity index is 667. The number of nitrogens with zero attached hydrogens (tertiary/aromatic N) is 2. The molecule has 0 aliphatic carbocycles. The zero-order chi connectivity index (χ0) is 15.5. The second-order valence-corrected chi connectivity index (χ2v) is 6.39. The van der Waals surface area contributed by atoms with Crippen LogP contribution in [-0.4, -0.2) is 22.0 Å². The minimum absolute atomic E-state index is 0.0298. The monoisotopic (exact) mass is 361 g/mol. The van der Waals surface area contributed by atoms with Gasteiger partial charge in [-0.3, -0.25) is 0 Å². The maximum Gasteiger partial charge on any atom is 0.322 e.